The third-order valence-electron chi connectivity index (χ3n) is 6.62. The third kappa shape index (κ3) is 5.13. The van der Waals surface area contributed by atoms with Gasteiger partial charge in [0.1, 0.15) is 12.4 Å². The van der Waals surface area contributed by atoms with Gasteiger partial charge < -0.3 is 20.9 Å². The molecule has 34 heavy (non-hydrogen) atoms. The Balaban J connectivity index is 2.20. The zero-order valence-corrected chi connectivity index (χ0v) is 21.7. The summed E-state index contributed by atoms with van der Waals surface area (Å²) in [6.45, 7) is 8.14. The number of amides is 2. The van der Waals surface area contributed by atoms with Crippen molar-refractivity contribution in [2.45, 2.75) is 45.8 Å². The van der Waals surface area contributed by atoms with Gasteiger partial charge in [0.05, 0.1) is 13.1 Å². The van der Waals surface area contributed by atoms with Crippen LogP contribution in [0.3, 0.4) is 0 Å². The molecule has 0 heterocycles. The van der Waals surface area contributed by atoms with Crippen LogP contribution in [0.2, 0.25) is 0 Å². The lowest BCUT2D eigenvalue weighted by Gasteiger charge is -2.41. The Morgan fingerprint density at radius 2 is 1.32 bits per heavy atom. The maximum Gasteiger partial charge on any atom is 0.240 e. The topological polar surface area (TPSA) is 101 Å². The lowest BCUT2D eigenvalue weighted by Crippen LogP contribution is -2.50. The summed E-state index contributed by atoms with van der Waals surface area (Å²) in [6, 6.07) is 15.9. The smallest absolute Gasteiger partial charge is 0.240 e. The molecule has 2 aromatic carbocycles. The Labute approximate surface area is 203 Å². The summed E-state index contributed by atoms with van der Waals surface area (Å²) in [5, 5.41) is 4.64. The monoisotopic (exact) mass is 483 g/mol. The first-order valence-electron chi connectivity index (χ1n) is 12.2. The second-order valence-electron chi connectivity index (χ2n) is 10.0. The van der Waals surface area contributed by atoms with E-state index in [4.69, 9.17) is 5.73 Å². The van der Waals surface area contributed by atoms with E-state index in [1.807, 2.05) is 48.5 Å². The number of nitrogens with one attached hydrogen (secondary N) is 2. The van der Waals surface area contributed by atoms with Gasteiger partial charge in [-0.25, -0.2) is 0 Å². The summed E-state index contributed by atoms with van der Waals surface area (Å²) < 4.78 is 15.3. The van der Waals surface area contributed by atoms with Crippen LogP contribution in [-0.2, 0) is 19.4 Å². The molecule has 2 amide bonds. The van der Waals surface area contributed by atoms with Crippen LogP contribution in [-0.4, -0.2) is 37.2 Å². The van der Waals surface area contributed by atoms with Gasteiger partial charge in [-0.3, -0.25) is 9.59 Å². The molecule has 0 unspecified atom stereocenters. The summed E-state index contributed by atoms with van der Waals surface area (Å²) >= 11 is 0. The predicted molar refractivity (Wildman–Crippen MR) is 139 cm³/mol. The highest BCUT2D eigenvalue weighted by Crippen LogP contribution is 2.70. The zero-order valence-electron chi connectivity index (χ0n) is 20.8. The largest absolute Gasteiger partial charge is 0.346 e. The number of carbonyl (C=O) groups is 2. The molecule has 0 spiro atoms. The highest BCUT2D eigenvalue weighted by atomic mass is 31.2. The number of fused-ring (bicyclic) bond motifs is 3. The van der Waals surface area contributed by atoms with Crippen LogP contribution in [0.25, 0.3) is 11.1 Å². The van der Waals surface area contributed by atoms with Crippen LogP contribution in [0.4, 0.5) is 0 Å². The molecule has 2 aromatic rings. The molecule has 0 atom stereocenters. The molecule has 4 N–H and O–H groups in total. The Morgan fingerprint density at radius 1 is 0.853 bits per heavy atom. The van der Waals surface area contributed by atoms with Crippen LogP contribution >= 0.6 is 7.14 Å². The van der Waals surface area contributed by atoms with Gasteiger partial charge in [0.25, 0.3) is 0 Å². The molecule has 0 bridgehead atoms. The van der Waals surface area contributed by atoms with E-state index >= 15 is 4.57 Å². The third-order valence-corrected chi connectivity index (χ3v) is 10.4. The fourth-order valence-corrected chi connectivity index (χ4v) is 9.12. The van der Waals surface area contributed by atoms with Gasteiger partial charge in [-0.05, 0) is 46.9 Å². The van der Waals surface area contributed by atoms with Crippen LogP contribution in [0, 0.1) is 11.8 Å². The number of benzene rings is 2. The first kappa shape index (κ1) is 26.2. The highest BCUT2D eigenvalue weighted by molar-refractivity contribution is 7.65. The molecular weight excluding hydrogens is 445 g/mol. The van der Waals surface area contributed by atoms with E-state index in [-0.39, 0.29) is 19.0 Å². The van der Waals surface area contributed by atoms with Crippen LogP contribution in [0.5, 0.6) is 0 Å². The molecule has 3 rings (SSSR count). The minimum absolute atomic E-state index is 0.189. The lowest BCUT2D eigenvalue weighted by molar-refractivity contribution is -0.125. The normalized spacial score (nSPS) is 14.1. The van der Waals surface area contributed by atoms with E-state index < -0.39 is 18.3 Å². The van der Waals surface area contributed by atoms with Crippen molar-refractivity contribution in [3.05, 3.63) is 59.7 Å². The summed E-state index contributed by atoms with van der Waals surface area (Å²) in [7, 11) is -3.05. The van der Waals surface area contributed by atoms with Crippen molar-refractivity contribution < 1.29 is 14.2 Å². The second kappa shape index (κ2) is 10.9. The number of hydrogen-bond donors (Lipinski definition) is 3. The van der Waals surface area contributed by atoms with E-state index in [1.54, 1.807) is 0 Å². The molecule has 184 valence electrons. The van der Waals surface area contributed by atoms with Crippen LogP contribution in [0.15, 0.2) is 48.5 Å². The minimum Gasteiger partial charge on any atom is -0.346 e. The van der Waals surface area contributed by atoms with Gasteiger partial charge in [0, 0.05) is 12.3 Å². The predicted octanol–water partition coefficient (Wildman–Crippen LogP) is 4.51. The van der Waals surface area contributed by atoms with Gasteiger partial charge in [-0.15, -0.1) is 0 Å². The van der Waals surface area contributed by atoms with E-state index in [1.165, 1.54) is 0 Å². The van der Waals surface area contributed by atoms with Crippen molar-refractivity contribution in [2.24, 2.45) is 17.6 Å². The number of rotatable bonds is 11. The molecule has 0 saturated carbocycles. The molecule has 0 aliphatic heterocycles. The van der Waals surface area contributed by atoms with Gasteiger partial charge in [0.15, 0.2) is 0 Å². The van der Waals surface area contributed by atoms with Gasteiger partial charge in [-0.2, -0.15) is 0 Å². The van der Waals surface area contributed by atoms with Crippen molar-refractivity contribution >= 4 is 19.0 Å². The number of hydrogen-bond acceptors (Lipinski definition) is 4. The molecule has 0 fully saturated rings. The van der Waals surface area contributed by atoms with Crippen LogP contribution in [0.1, 0.15) is 51.7 Å². The molecule has 0 radical (unpaired) electrons. The van der Waals surface area contributed by atoms with Gasteiger partial charge >= 0.3 is 0 Å². The molecule has 7 heteroatoms. The summed E-state index contributed by atoms with van der Waals surface area (Å²) in [5.74, 6) is -0.00596. The standard InChI is InChI=1S/C27H38N3O3P/c1-19(2)13-15-34(33,16-14-20(3)4)27(30-26(32)18-29-25(31)17-28)23-11-7-5-9-21(23)22-10-6-8-12-24(22)27/h5-12,19-20H,13-18,28H2,1-4H3,(H,29,31)(H,30,32). The summed E-state index contributed by atoms with van der Waals surface area (Å²) in [6.07, 6.45) is 2.69. The van der Waals surface area contributed by atoms with Gasteiger partial charge in [-0.1, -0.05) is 76.2 Å². The Morgan fingerprint density at radius 3 is 1.76 bits per heavy atom. The Kier molecular flexibility index (Phi) is 8.38. The van der Waals surface area contributed by atoms with E-state index in [0.29, 0.717) is 24.2 Å². The number of carbonyl (C=O) groups excluding carboxylic acids is 2. The molecule has 1 aliphatic rings. The maximum atomic E-state index is 15.3. The molecular formula is C27H38N3O3P. The first-order valence-corrected chi connectivity index (χ1v) is 14.3. The average Bonchev–Trinajstić information content (AvgIpc) is 3.11. The van der Waals surface area contributed by atoms with E-state index in [2.05, 4.69) is 38.3 Å². The molecule has 1 aliphatic carbocycles. The van der Waals surface area contributed by atoms with Crippen LogP contribution < -0.4 is 16.4 Å². The molecule has 0 saturated heterocycles. The van der Waals surface area contributed by atoms with Crippen molar-refractivity contribution in [2.75, 3.05) is 25.4 Å². The first-order chi connectivity index (χ1) is 16.1. The molecule has 0 aromatic heterocycles. The lowest BCUT2D eigenvalue weighted by atomic mass is 10.0. The average molecular weight is 484 g/mol. The van der Waals surface area contributed by atoms with E-state index in [0.717, 1.165) is 35.1 Å². The highest BCUT2D eigenvalue weighted by Gasteiger charge is 2.55. The number of nitrogens with two attached hydrogens (primary N) is 1. The van der Waals surface area contributed by atoms with Crippen molar-refractivity contribution in [1.82, 2.24) is 10.6 Å². The Bertz CT molecular complexity index is 1020. The Hall–Kier alpha value is -2.43. The van der Waals surface area contributed by atoms with Crippen molar-refractivity contribution in [3.63, 3.8) is 0 Å². The molecule has 6 nitrogen and oxygen atoms in total. The van der Waals surface area contributed by atoms with Gasteiger partial charge in [0.2, 0.25) is 11.8 Å². The van der Waals surface area contributed by atoms with Crippen molar-refractivity contribution in [3.8, 4) is 11.1 Å². The summed E-state index contributed by atoms with van der Waals surface area (Å²) in [5.41, 5.74) is 9.15. The fourth-order valence-electron chi connectivity index (χ4n) is 4.77. The summed E-state index contributed by atoms with van der Waals surface area (Å²) in [4.78, 5) is 25.0. The van der Waals surface area contributed by atoms with Crippen molar-refractivity contribution in [1.29, 1.82) is 0 Å². The van der Waals surface area contributed by atoms with E-state index in [9.17, 15) is 9.59 Å². The zero-order chi connectivity index (χ0) is 24.9. The fraction of sp³-hybridized carbons (Fsp3) is 0.481. The minimum atomic E-state index is -3.05. The maximum absolute atomic E-state index is 15.3. The quantitative estimate of drug-likeness (QED) is 0.409. The SMILES string of the molecule is CC(C)CCP(=O)(CCC(C)C)C1(NC(=O)CNC(=O)CN)c2ccccc2-c2ccccc21. The second-order valence-corrected chi connectivity index (χ2v) is 13.4.